The Morgan fingerprint density at radius 3 is 2.67 bits per heavy atom. The maximum Gasteiger partial charge on any atom is 0.226 e. The largest absolute Gasteiger partial charge is 0.444 e. The number of halogens is 1. The number of oxazole rings is 1. The number of aromatic nitrogens is 1. The third kappa shape index (κ3) is 6.80. The summed E-state index contributed by atoms with van der Waals surface area (Å²) in [5.74, 6) is 2.20. The van der Waals surface area contributed by atoms with Crippen molar-refractivity contribution in [1.82, 2.24) is 20.5 Å². The maximum atomic E-state index is 5.58. The van der Waals surface area contributed by atoms with Crippen LogP contribution in [0.5, 0.6) is 0 Å². The Kier molecular flexibility index (Phi) is 9.06. The van der Waals surface area contributed by atoms with Gasteiger partial charge in [0, 0.05) is 18.7 Å². The van der Waals surface area contributed by atoms with E-state index >= 15 is 0 Å². The summed E-state index contributed by atoms with van der Waals surface area (Å²) in [6.45, 7) is 6.75. The Morgan fingerprint density at radius 1 is 1.22 bits per heavy atom. The minimum atomic E-state index is 0. The standard InChI is InChI=1S/C20H29N5O.HI/c1-3-21-20(22-13-16-9-11-25(2)12-10-16)23-14-18-15-26-19(24-18)17-7-5-4-6-8-17;/h4-8,15-16H,3,9-14H2,1-2H3,(H2,21,22,23);1H. The molecule has 148 valence electrons. The van der Waals surface area contributed by atoms with Gasteiger partial charge in [0.1, 0.15) is 12.0 Å². The number of aliphatic imine (C=N–C) groups is 1. The number of likely N-dealkylation sites (tertiary alicyclic amines) is 1. The quantitative estimate of drug-likeness (QED) is 0.375. The van der Waals surface area contributed by atoms with E-state index in [2.05, 4.69) is 39.5 Å². The smallest absolute Gasteiger partial charge is 0.226 e. The number of benzene rings is 1. The van der Waals surface area contributed by atoms with E-state index in [1.807, 2.05) is 30.3 Å². The van der Waals surface area contributed by atoms with Gasteiger partial charge in [-0.3, -0.25) is 0 Å². The second-order valence-electron chi connectivity index (χ2n) is 6.83. The van der Waals surface area contributed by atoms with Crippen molar-refractivity contribution in [2.45, 2.75) is 26.3 Å². The van der Waals surface area contributed by atoms with Gasteiger partial charge in [0.05, 0.1) is 6.54 Å². The van der Waals surface area contributed by atoms with E-state index in [9.17, 15) is 0 Å². The molecule has 1 aromatic carbocycles. The Morgan fingerprint density at radius 2 is 1.96 bits per heavy atom. The van der Waals surface area contributed by atoms with Crippen LogP contribution in [0.1, 0.15) is 25.5 Å². The van der Waals surface area contributed by atoms with Crippen molar-refractivity contribution < 1.29 is 4.42 Å². The third-order valence-electron chi connectivity index (χ3n) is 4.71. The molecular formula is C20H30IN5O. The molecule has 0 atom stereocenters. The Bertz CT molecular complexity index is 695. The lowest BCUT2D eigenvalue weighted by Crippen LogP contribution is -2.42. The van der Waals surface area contributed by atoms with Crippen molar-refractivity contribution in [3.63, 3.8) is 0 Å². The van der Waals surface area contributed by atoms with E-state index in [1.54, 1.807) is 6.26 Å². The Balaban J connectivity index is 0.00000261. The summed E-state index contributed by atoms with van der Waals surface area (Å²) in [7, 11) is 2.19. The van der Waals surface area contributed by atoms with Crippen LogP contribution in [0.2, 0.25) is 0 Å². The first-order valence-corrected chi connectivity index (χ1v) is 9.45. The lowest BCUT2D eigenvalue weighted by atomic mass is 9.97. The number of guanidine groups is 1. The van der Waals surface area contributed by atoms with Crippen LogP contribution < -0.4 is 10.6 Å². The lowest BCUT2D eigenvalue weighted by Gasteiger charge is -2.29. The van der Waals surface area contributed by atoms with E-state index in [4.69, 9.17) is 4.42 Å². The summed E-state index contributed by atoms with van der Waals surface area (Å²) in [5, 5.41) is 6.79. The highest BCUT2D eigenvalue weighted by molar-refractivity contribution is 14.0. The first-order chi connectivity index (χ1) is 12.7. The molecule has 2 heterocycles. The topological polar surface area (TPSA) is 65.7 Å². The molecule has 2 aromatic rings. The maximum absolute atomic E-state index is 5.58. The highest BCUT2D eigenvalue weighted by Gasteiger charge is 2.16. The molecule has 1 aliphatic heterocycles. The molecule has 0 saturated carbocycles. The summed E-state index contributed by atoms with van der Waals surface area (Å²) >= 11 is 0. The number of nitrogens with zero attached hydrogens (tertiary/aromatic N) is 3. The summed E-state index contributed by atoms with van der Waals surface area (Å²) in [5.41, 5.74) is 1.82. The minimum absolute atomic E-state index is 0. The summed E-state index contributed by atoms with van der Waals surface area (Å²) in [6.07, 6.45) is 4.17. The van der Waals surface area contributed by atoms with Crippen molar-refractivity contribution in [3.05, 3.63) is 42.3 Å². The highest BCUT2D eigenvalue weighted by Crippen LogP contribution is 2.18. The Hall–Kier alpha value is -1.61. The van der Waals surface area contributed by atoms with Crippen LogP contribution in [0.15, 0.2) is 46.0 Å². The second kappa shape index (κ2) is 11.3. The van der Waals surface area contributed by atoms with Gasteiger partial charge in [0.15, 0.2) is 5.96 Å². The van der Waals surface area contributed by atoms with Gasteiger partial charge in [0.2, 0.25) is 5.89 Å². The van der Waals surface area contributed by atoms with Gasteiger partial charge in [0.25, 0.3) is 0 Å². The van der Waals surface area contributed by atoms with Crippen LogP contribution in [0.3, 0.4) is 0 Å². The van der Waals surface area contributed by atoms with Gasteiger partial charge in [-0.1, -0.05) is 18.2 Å². The molecule has 0 spiro atoms. The molecule has 1 fully saturated rings. The van der Waals surface area contributed by atoms with Crippen molar-refractivity contribution in [3.8, 4) is 11.5 Å². The van der Waals surface area contributed by atoms with Gasteiger partial charge in [-0.25, -0.2) is 9.98 Å². The monoisotopic (exact) mass is 483 g/mol. The molecule has 0 unspecified atom stereocenters. The van der Waals surface area contributed by atoms with E-state index < -0.39 is 0 Å². The fourth-order valence-corrected chi connectivity index (χ4v) is 3.10. The molecule has 0 amide bonds. The summed E-state index contributed by atoms with van der Waals surface area (Å²) in [4.78, 5) is 11.6. The molecule has 1 aliphatic rings. The van der Waals surface area contributed by atoms with Gasteiger partial charge in [-0.15, -0.1) is 24.0 Å². The average Bonchev–Trinajstić information content (AvgIpc) is 3.15. The lowest BCUT2D eigenvalue weighted by molar-refractivity contribution is 0.220. The van der Waals surface area contributed by atoms with Gasteiger partial charge in [-0.05, 0) is 58.0 Å². The number of rotatable bonds is 6. The SMILES string of the molecule is CCNC(=NCc1coc(-c2ccccc2)n1)NCC1CCN(C)CC1.I. The predicted octanol–water partition coefficient (Wildman–Crippen LogP) is 3.36. The van der Waals surface area contributed by atoms with Crippen molar-refractivity contribution >= 4 is 29.9 Å². The molecule has 1 saturated heterocycles. The number of piperidine rings is 1. The molecule has 0 radical (unpaired) electrons. The normalized spacial score (nSPS) is 16.0. The van der Waals surface area contributed by atoms with E-state index in [-0.39, 0.29) is 24.0 Å². The number of hydrogen-bond donors (Lipinski definition) is 2. The average molecular weight is 483 g/mol. The Labute approximate surface area is 178 Å². The fourth-order valence-electron chi connectivity index (χ4n) is 3.10. The highest BCUT2D eigenvalue weighted by atomic mass is 127. The van der Waals surface area contributed by atoms with Gasteiger partial charge < -0.3 is 20.0 Å². The van der Waals surface area contributed by atoms with E-state index in [0.29, 0.717) is 18.4 Å². The van der Waals surface area contributed by atoms with Crippen LogP contribution in [-0.2, 0) is 6.54 Å². The van der Waals surface area contributed by atoms with Crippen molar-refractivity contribution in [2.75, 3.05) is 33.2 Å². The molecule has 1 aromatic heterocycles. The first kappa shape index (κ1) is 21.7. The van der Waals surface area contributed by atoms with Crippen LogP contribution in [0.25, 0.3) is 11.5 Å². The minimum Gasteiger partial charge on any atom is -0.444 e. The van der Waals surface area contributed by atoms with Crippen LogP contribution in [0.4, 0.5) is 0 Å². The fraction of sp³-hybridized carbons (Fsp3) is 0.500. The van der Waals surface area contributed by atoms with Crippen LogP contribution >= 0.6 is 24.0 Å². The third-order valence-corrected chi connectivity index (χ3v) is 4.71. The molecule has 0 bridgehead atoms. The number of nitrogens with one attached hydrogen (secondary N) is 2. The van der Waals surface area contributed by atoms with Gasteiger partial charge >= 0.3 is 0 Å². The zero-order chi connectivity index (χ0) is 18.2. The molecule has 27 heavy (non-hydrogen) atoms. The molecule has 6 nitrogen and oxygen atoms in total. The molecule has 7 heteroatoms. The van der Waals surface area contributed by atoms with Gasteiger partial charge in [-0.2, -0.15) is 0 Å². The van der Waals surface area contributed by atoms with E-state index in [1.165, 1.54) is 25.9 Å². The van der Waals surface area contributed by atoms with Crippen molar-refractivity contribution in [2.24, 2.45) is 10.9 Å². The van der Waals surface area contributed by atoms with Crippen LogP contribution in [-0.4, -0.2) is 49.1 Å². The molecule has 0 aliphatic carbocycles. The molecule has 3 rings (SSSR count). The van der Waals surface area contributed by atoms with Crippen LogP contribution in [0, 0.1) is 5.92 Å². The van der Waals surface area contributed by atoms with E-state index in [0.717, 1.165) is 30.3 Å². The molecular weight excluding hydrogens is 453 g/mol. The zero-order valence-electron chi connectivity index (χ0n) is 16.1. The summed E-state index contributed by atoms with van der Waals surface area (Å²) in [6, 6.07) is 9.93. The zero-order valence-corrected chi connectivity index (χ0v) is 18.5. The second-order valence-corrected chi connectivity index (χ2v) is 6.83. The number of hydrogen-bond acceptors (Lipinski definition) is 4. The summed E-state index contributed by atoms with van der Waals surface area (Å²) < 4.78 is 5.58. The molecule has 2 N–H and O–H groups in total. The first-order valence-electron chi connectivity index (χ1n) is 9.45. The predicted molar refractivity (Wildman–Crippen MR) is 120 cm³/mol. The van der Waals surface area contributed by atoms with Crippen molar-refractivity contribution in [1.29, 1.82) is 0 Å².